The van der Waals surface area contributed by atoms with Gasteiger partial charge in [0.2, 0.25) is 0 Å². The maximum absolute atomic E-state index is 11.5. The van der Waals surface area contributed by atoms with Crippen LogP contribution in [0.5, 0.6) is 0 Å². The lowest BCUT2D eigenvalue weighted by Crippen LogP contribution is -2.36. The van der Waals surface area contributed by atoms with E-state index in [1.54, 1.807) is 0 Å². The van der Waals surface area contributed by atoms with E-state index in [0.29, 0.717) is 13.1 Å². The average Bonchev–Trinajstić information content (AvgIpc) is 2.46. The van der Waals surface area contributed by atoms with Crippen molar-refractivity contribution in [1.29, 1.82) is 0 Å². The van der Waals surface area contributed by atoms with Gasteiger partial charge in [0.05, 0.1) is 11.6 Å². The van der Waals surface area contributed by atoms with Crippen molar-refractivity contribution in [3.05, 3.63) is 65.0 Å². The van der Waals surface area contributed by atoms with E-state index in [9.17, 15) is 9.90 Å². The van der Waals surface area contributed by atoms with Gasteiger partial charge in [0, 0.05) is 25.3 Å². The van der Waals surface area contributed by atoms with Crippen molar-refractivity contribution in [1.82, 2.24) is 9.88 Å². The number of carboxylic acid groups (broad SMARTS) is 1. The zero-order valence-electron chi connectivity index (χ0n) is 12.0. The molecule has 0 bridgehead atoms. The first-order valence-corrected chi connectivity index (χ1v) is 7.09. The molecule has 21 heavy (non-hydrogen) atoms. The number of hydrogen-bond donors (Lipinski definition) is 1. The summed E-state index contributed by atoms with van der Waals surface area (Å²) < 4.78 is 0. The predicted octanol–water partition coefficient (Wildman–Crippen LogP) is 2.57. The van der Waals surface area contributed by atoms with Crippen LogP contribution in [-0.2, 0) is 17.9 Å². The van der Waals surface area contributed by atoms with E-state index >= 15 is 0 Å². The molecule has 2 heterocycles. The zero-order valence-corrected chi connectivity index (χ0v) is 12.0. The molecule has 0 spiro atoms. The van der Waals surface area contributed by atoms with Crippen molar-refractivity contribution in [3.63, 3.8) is 0 Å². The Morgan fingerprint density at radius 3 is 2.86 bits per heavy atom. The van der Waals surface area contributed by atoms with E-state index in [2.05, 4.69) is 9.88 Å². The number of hydrogen-bond acceptors (Lipinski definition) is 3. The molecule has 0 saturated carbocycles. The van der Waals surface area contributed by atoms with Crippen molar-refractivity contribution in [2.24, 2.45) is 0 Å². The van der Waals surface area contributed by atoms with E-state index in [-0.39, 0.29) is 0 Å². The van der Waals surface area contributed by atoms with Gasteiger partial charge in [-0.3, -0.25) is 14.7 Å². The molecule has 108 valence electrons. The molecule has 1 aromatic carbocycles. The summed E-state index contributed by atoms with van der Waals surface area (Å²) in [5.41, 5.74) is 4.01. The van der Waals surface area contributed by atoms with Crippen molar-refractivity contribution >= 4 is 5.97 Å². The summed E-state index contributed by atoms with van der Waals surface area (Å²) in [4.78, 5) is 18.2. The van der Waals surface area contributed by atoms with Gasteiger partial charge in [-0.15, -0.1) is 0 Å². The maximum Gasteiger partial charge on any atom is 0.312 e. The van der Waals surface area contributed by atoms with Gasteiger partial charge < -0.3 is 5.11 Å². The van der Waals surface area contributed by atoms with Crippen LogP contribution in [0.15, 0.2) is 42.5 Å². The number of carboxylic acids is 1. The molecule has 0 amide bonds. The lowest BCUT2D eigenvalue weighted by molar-refractivity contribution is -0.139. The minimum absolute atomic E-state index is 0.459. The highest BCUT2D eigenvalue weighted by atomic mass is 16.4. The Balaban J connectivity index is 1.85. The largest absolute Gasteiger partial charge is 0.481 e. The fourth-order valence-electron chi connectivity index (χ4n) is 2.93. The van der Waals surface area contributed by atoms with Crippen LogP contribution in [0.3, 0.4) is 0 Å². The lowest BCUT2D eigenvalue weighted by Gasteiger charge is -2.32. The highest BCUT2D eigenvalue weighted by Gasteiger charge is 2.30. The second kappa shape index (κ2) is 5.66. The summed E-state index contributed by atoms with van der Waals surface area (Å²) in [7, 11) is 0. The molecule has 1 aromatic heterocycles. The predicted molar refractivity (Wildman–Crippen MR) is 79.9 cm³/mol. The Labute approximate surface area is 124 Å². The standard InChI is InChI=1S/C17H18N2O2/c1-12-5-4-7-14(18-12)10-19-9-13-6-2-3-8-15(13)16(11-19)17(20)21/h2-8,16H,9-11H2,1H3,(H,20,21). The minimum atomic E-state index is -0.760. The van der Waals surface area contributed by atoms with Crippen LogP contribution in [0.25, 0.3) is 0 Å². The summed E-state index contributed by atoms with van der Waals surface area (Å²) in [6.07, 6.45) is 0. The molecule has 1 unspecified atom stereocenters. The summed E-state index contributed by atoms with van der Waals surface area (Å²) in [6, 6.07) is 13.8. The first-order valence-electron chi connectivity index (χ1n) is 7.09. The molecule has 2 aromatic rings. The number of aromatic nitrogens is 1. The molecule has 0 fully saturated rings. The first kappa shape index (κ1) is 13.8. The second-order valence-corrected chi connectivity index (χ2v) is 5.53. The Bertz CT molecular complexity index is 669. The Kier molecular flexibility index (Phi) is 3.71. The van der Waals surface area contributed by atoms with Crippen LogP contribution < -0.4 is 0 Å². The maximum atomic E-state index is 11.5. The highest BCUT2D eigenvalue weighted by Crippen LogP contribution is 2.29. The minimum Gasteiger partial charge on any atom is -0.481 e. The van der Waals surface area contributed by atoms with Gasteiger partial charge in [0.15, 0.2) is 0 Å². The first-order chi connectivity index (χ1) is 10.1. The van der Waals surface area contributed by atoms with Gasteiger partial charge in [0.25, 0.3) is 0 Å². The van der Waals surface area contributed by atoms with Crippen molar-refractivity contribution in [2.45, 2.75) is 25.9 Å². The SMILES string of the molecule is Cc1cccc(CN2Cc3ccccc3C(C(=O)O)C2)n1. The molecule has 1 atom stereocenters. The molecule has 1 aliphatic rings. The van der Waals surface area contributed by atoms with E-state index in [1.807, 2.05) is 49.4 Å². The number of pyridine rings is 1. The van der Waals surface area contributed by atoms with Gasteiger partial charge >= 0.3 is 5.97 Å². The van der Waals surface area contributed by atoms with Crippen molar-refractivity contribution < 1.29 is 9.90 Å². The smallest absolute Gasteiger partial charge is 0.312 e. The number of aryl methyl sites for hydroxylation is 1. The summed E-state index contributed by atoms with van der Waals surface area (Å²) in [5, 5.41) is 9.47. The molecule has 4 heteroatoms. The number of fused-ring (bicyclic) bond motifs is 1. The van der Waals surface area contributed by atoms with Crippen LogP contribution in [0.2, 0.25) is 0 Å². The van der Waals surface area contributed by atoms with E-state index in [4.69, 9.17) is 0 Å². The topological polar surface area (TPSA) is 53.4 Å². The van der Waals surface area contributed by atoms with Gasteiger partial charge in [-0.2, -0.15) is 0 Å². The van der Waals surface area contributed by atoms with Crippen LogP contribution in [0.1, 0.15) is 28.4 Å². The van der Waals surface area contributed by atoms with Gasteiger partial charge in [-0.1, -0.05) is 30.3 Å². The third-order valence-electron chi connectivity index (χ3n) is 3.89. The zero-order chi connectivity index (χ0) is 14.8. The fourth-order valence-corrected chi connectivity index (χ4v) is 2.93. The Hall–Kier alpha value is -2.20. The average molecular weight is 282 g/mol. The Morgan fingerprint density at radius 1 is 1.29 bits per heavy atom. The molecule has 0 radical (unpaired) electrons. The van der Waals surface area contributed by atoms with Gasteiger partial charge in [0.1, 0.15) is 0 Å². The molecule has 0 saturated heterocycles. The molecular formula is C17H18N2O2. The third kappa shape index (κ3) is 2.95. The van der Waals surface area contributed by atoms with Crippen molar-refractivity contribution in [3.8, 4) is 0 Å². The molecular weight excluding hydrogens is 264 g/mol. The molecule has 1 aliphatic heterocycles. The lowest BCUT2D eigenvalue weighted by atomic mass is 9.90. The number of aliphatic carboxylic acids is 1. The van der Waals surface area contributed by atoms with E-state index in [0.717, 1.165) is 29.1 Å². The second-order valence-electron chi connectivity index (χ2n) is 5.53. The molecule has 1 N–H and O–H groups in total. The van der Waals surface area contributed by atoms with Crippen molar-refractivity contribution in [2.75, 3.05) is 6.54 Å². The normalized spacial score (nSPS) is 18.2. The van der Waals surface area contributed by atoms with E-state index in [1.165, 1.54) is 0 Å². The van der Waals surface area contributed by atoms with Crippen LogP contribution in [0, 0.1) is 6.92 Å². The monoisotopic (exact) mass is 282 g/mol. The van der Waals surface area contributed by atoms with Crippen LogP contribution in [0.4, 0.5) is 0 Å². The Morgan fingerprint density at radius 2 is 2.10 bits per heavy atom. The summed E-state index contributed by atoms with van der Waals surface area (Å²) >= 11 is 0. The van der Waals surface area contributed by atoms with Gasteiger partial charge in [-0.25, -0.2) is 0 Å². The third-order valence-corrected chi connectivity index (χ3v) is 3.89. The summed E-state index contributed by atoms with van der Waals surface area (Å²) in [6.45, 7) is 3.95. The molecule has 4 nitrogen and oxygen atoms in total. The summed E-state index contributed by atoms with van der Waals surface area (Å²) in [5.74, 6) is -1.22. The number of benzene rings is 1. The molecule has 3 rings (SSSR count). The number of rotatable bonds is 3. The van der Waals surface area contributed by atoms with E-state index < -0.39 is 11.9 Å². The number of nitrogens with zero attached hydrogens (tertiary/aromatic N) is 2. The van der Waals surface area contributed by atoms with Gasteiger partial charge in [-0.05, 0) is 30.2 Å². The quantitative estimate of drug-likeness (QED) is 0.940. The molecule has 0 aliphatic carbocycles. The highest BCUT2D eigenvalue weighted by molar-refractivity contribution is 5.77. The van der Waals surface area contributed by atoms with Crippen LogP contribution >= 0.6 is 0 Å². The number of carbonyl (C=O) groups is 1. The fraction of sp³-hybridized carbons (Fsp3) is 0.294. The van der Waals surface area contributed by atoms with Crippen LogP contribution in [-0.4, -0.2) is 27.5 Å².